The van der Waals surface area contributed by atoms with Gasteiger partial charge in [0.1, 0.15) is 18.2 Å². The van der Waals surface area contributed by atoms with Gasteiger partial charge < -0.3 is 14.2 Å². The molecule has 4 aromatic rings. The van der Waals surface area contributed by atoms with E-state index >= 15 is 0 Å². The molecule has 7 nitrogen and oxygen atoms in total. The van der Waals surface area contributed by atoms with Crippen molar-refractivity contribution in [3.8, 4) is 17.2 Å². The molecule has 2 heterocycles. The summed E-state index contributed by atoms with van der Waals surface area (Å²) < 4.78 is 20.4. The molecule has 1 aromatic heterocycles. The molecule has 172 valence electrons. The van der Waals surface area contributed by atoms with Crippen LogP contribution < -0.4 is 19.8 Å². The molecule has 3 aromatic carbocycles. The maximum Gasteiger partial charge on any atom is 0.282 e. The Morgan fingerprint density at radius 3 is 2.62 bits per heavy atom. The van der Waals surface area contributed by atoms with Crippen molar-refractivity contribution in [1.82, 2.24) is 9.66 Å². The first-order valence-electron chi connectivity index (χ1n) is 10.1. The number of halogens is 3. The van der Waals surface area contributed by atoms with Crippen LogP contribution in [0.2, 0.25) is 0 Å². The van der Waals surface area contributed by atoms with Crippen LogP contribution >= 0.6 is 47.8 Å². The molecule has 0 spiro atoms. The predicted octanol–water partition coefficient (Wildman–Crippen LogP) is 6.18. The number of benzene rings is 3. The molecule has 0 fully saturated rings. The highest BCUT2D eigenvalue weighted by Gasteiger charge is 2.15. The van der Waals surface area contributed by atoms with Crippen molar-refractivity contribution in [2.24, 2.45) is 5.10 Å². The van der Waals surface area contributed by atoms with Gasteiger partial charge in [0.2, 0.25) is 6.79 Å². The number of fused-ring (bicyclic) bond motifs is 2. The molecule has 34 heavy (non-hydrogen) atoms. The smallest absolute Gasteiger partial charge is 0.282 e. The summed E-state index contributed by atoms with van der Waals surface area (Å²) in [7, 11) is 0. The van der Waals surface area contributed by atoms with Crippen molar-refractivity contribution in [1.29, 1.82) is 0 Å². The normalized spacial score (nSPS) is 12.6. The summed E-state index contributed by atoms with van der Waals surface area (Å²) in [6, 6.07) is 14.9. The second kappa shape index (κ2) is 9.52. The third-order valence-corrected chi connectivity index (χ3v) is 6.80. The second-order valence-electron chi connectivity index (χ2n) is 7.47. The quantitative estimate of drug-likeness (QED) is 0.242. The van der Waals surface area contributed by atoms with Crippen LogP contribution in [-0.2, 0) is 6.61 Å². The van der Waals surface area contributed by atoms with E-state index in [1.807, 2.05) is 36.4 Å². The molecule has 0 amide bonds. The second-order valence-corrected chi connectivity index (χ2v) is 10.1. The van der Waals surface area contributed by atoms with Crippen molar-refractivity contribution in [3.05, 3.63) is 89.3 Å². The average molecular weight is 650 g/mol. The van der Waals surface area contributed by atoms with Crippen LogP contribution in [0, 0.1) is 6.92 Å². The molecule has 0 bridgehead atoms. The Labute approximate surface area is 219 Å². The predicted molar refractivity (Wildman–Crippen MR) is 140 cm³/mol. The Balaban J connectivity index is 1.38. The van der Waals surface area contributed by atoms with Gasteiger partial charge in [-0.15, -0.1) is 0 Å². The summed E-state index contributed by atoms with van der Waals surface area (Å²) in [6.07, 6.45) is 1.61. The van der Waals surface area contributed by atoms with E-state index in [4.69, 9.17) is 14.2 Å². The summed E-state index contributed by atoms with van der Waals surface area (Å²) in [6.45, 7) is 2.34. The van der Waals surface area contributed by atoms with Gasteiger partial charge in [0.15, 0.2) is 11.5 Å². The van der Waals surface area contributed by atoms with Gasteiger partial charge in [-0.05, 0) is 92.4 Å². The van der Waals surface area contributed by atoms with E-state index in [-0.39, 0.29) is 12.4 Å². The van der Waals surface area contributed by atoms with Gasteiger partial charge in [-0.1, -0.05) is 22.0 Å². The molecule has 1 aliphatic heterocycles. The molecule has 0 radical (unpaired) electrons. The number of hydrogen-bond donors (Lipinski definition) is 0. The molecule has 0 atom stereocenters. The Morgan fingerprint density at radius 1 is 1.06 bits per heavy atom. The van der Waals surface area contributed by atoms with Gasteiger partial charge in [0.05, 0.1) is 26.1 Å². The fourth-order valence-corrected chi connectivity index (χ4v) is 5.31. The highest BCUT2D eigenvalue weighted by Crippen LogP contribution is 2.36. The molecule has 5 rings (SSSR count). The van der Waals surface area contributed by atoms with Gasteiger partial charge in [-0.3, -0.25) is 4.79 Å². The Kier molecular flexibility index (Phi) is 6.46. The first kappa shape index (κ1) is 23.1. The van der Waals surface area contributed by atoms with Crippen molar-refractivity contribution < 1.29 is 14.2 Å². The number of rotatable bonds is 5. The number of hydrogen-bond acceptors (Lipinski definition) is 6. The fourth-order valence-electron chi connectivity index (χ4n) is 3.50. The zero-order valence-corrected chi connectivity index (χ0v) is 22.5. The van der Waals surface area contributed by atoms with Gasteiger partial charge >= 0.3 is 0 Å². The van der Waals surface area contributed by atoms with Gasteiger partial charge in [-0.25, -0.2) is 4.98 Å². The highest BCUT2D eigenvalue weighted by atomic mass is 79.9. The lowest BCUT2D eigenvalue weighted by Gasteiger charge is -2.12. The van der Waals surface area contributed by atoms with E-state index in [0.29, 0.717) is 34.8 Å². The zero-order valence-electron chi connectivity index (χ0n) is 17.7. The van der Waals surface area contributed by atoms with Crippen LogP contribution in [0.1, 0.15) is 17.0 Å². The molecular weight excluding hydrogens is 634 g/mol. The van der Waals surface area contributed by atoms with E-state index in [2.05, 4.69) is 57.9 Å². The van der Waals surface area contributed by atoms with Gasteiger partial charge in [0, 0.05) is 4.47 Å². The molecule has 0 saturated heterocycles. The Bertz CT molecular complexity index is 1490. The summed E-state index contributed by atoms with van der Waals surface area (Å²) in [5.41, 5.74) is 2.13. The molecule has 0 N–H and O–H groups in total. The lowest BCUT2D eigenvalue weighted by atomic mass is 10.2. The maximum atomic E-state index is 12.9. The summed E-state index contributed by atoms with van der Waals surface area (Å²) in [4.78, 5) is 17.4. The van der Waals surface area contributed by atoms with Crippen molar-refractivity contribution in [2.45, 2.75) is 13.5 Å². The maximum absolute atomic E-state index is 12.9. The Morgan fingerprint density at radius 2 is 1.82 bits per heavy atom. The standard InChI is InChI=1S/C24H16Br3N3O4/c1-13-29-20-4-3-16(25)9-17(20)24(31)30(13)28-10-15-6-18(26)23(19(27)7-15)32-11-14-2-5-21-22(8-14)34-12-33-21/h2-10H,11-12H2,1H3. The molecule has 10 heteroatoms. The number of ether oxygens (including phenoxy) is 3. The van der Waals surface area contributed by atoms with E-state index in [1.54, 1.807) is 25.3 Å². The number of nitrogens with zero attached hydrogens (tertiary/aromatic N) is 3. The van der Waals surface area contributed by atoms with Gasteiger partial charge in [0.25, 0.3) is 5.56 Å². The monoisotopic (exact) mass is 647 g/mol. The molecule has 0 unspecified atom stereocenters. The fraction of sp³-hybridized carbons (Fsp3) is 0.125. The lowest BCUT2D eigenvalue weighted by Crippen LogP contribution is -2.20. The highest BCUT2D eigenvalue weighted by molar-refractivity contribution is 9.11. The SMILES string of the molecule is Cc1nc2ccc(Br)cc2c(=O)n1N=Cc1cc(Br)c(OCc2ccc3c(c2)OCO3)c(Br)c1. The van der Waals surface area contributed by atoms with Crippen LogP contribution in [0.4, 0.5) is 0 Å². The van der Waals surface area contributed by atoms with Crippen LogP contribution in [0.15, 0.2) is 71.8 Å². The zero-order chi connectivity index (χ0) is 23.8. The summed E-state index contributed by atoms with van der Waals surface area (Å²) >= 11 is 10.5. The third-order valence-electron chi connectivity index (χ3n) is 5.13. The van der Waals surface area contributed by atoms with Crippen molar-refractivity contribution in [2.75, 3.05) is 6.79 Å². The van der Waals surface area contributed by atoms with Crippen molar-refractivity contribution >= 4 is 64.9 Å². The minimum absolute atomic E-state index is 0.234. The Hall–Kier alpha value is -2.69. The van der Waals surface area contributed by atoms with E-state index < -0.39 is 0 Å². The molecular formula is C24H16Br3N3O4. The summed E-state index contributed by atoms with van der Waals surface area (Å²) in [5, 5.41) is 4.88. The van der Waals surface area contributed by atoms with Crippen LogP contribution in [0.25, 0.3) is 10.9 Å². The first-order chi connectivity index (χ1) is 16.4. The number of aryl methyl sites for hydroxylation is 1. The van der Waals surface area contributed by atoms with Crippen LogP contribution in [0.3, 0.4) is 0 Å². The molecule has 0 aliphatic carbocycles. The largest absolute Gasteiger partial charge is 0.487 e. The lowest BCUT2D eigenvalue weighted by molar-refractivity contribution is 0.174. The minimum atomic E-state index is -0.234. The molecule has 0 saturated carbocycles. The van der Waals surface area contributed by atoms with Crippen LogP contribution in [-0.4, -0.2) is 22.7 Å². The van der Waals surface area contributed by atoms with Crippen LogP contribution in [0.5, 0.6) is 17.2 Å². The van der Waals surface area contributed by atoms with Crippen molar-refractivity contribution in [3.63, 3.8) is 0 Å². The third kappa shape index (κ3) is 4.62. The molecule has 1 aliphatic rings. The topological polar surface area (TPSA) is 74.9 Å². The van der Waals surface area contributed by atoms with E-state index in [0.717, 1.165) is 30.3 Å². The summed E-state index contributed by atoms with van der Waals surface area (Å²) in [5.74, 6) is 2.60. The first-order valence-corrected chi connectivity index (χ1v) is 12.5. The average Bonchev–Trinajstić information content (AvgIpc) is 3.27. The van der Waals surface area contributed by atoms with E-state index in [9.17, 15) is 4.79 Å². The number of aromatic nitrogens is 2. The van der Waals surface area contributed by atoms with Gasteiger partial charge in [-0.2, -0.15) is 9.78 Å². The minimum Gasteiger partial charge on any atom is -0.487 e. The van der Waals surface area contributed by atoms with E-state index in [1.165, 1.54) is 4.68 Å².